The van der Waals surface area contributed by atoms with Gasteiger partial charge in [0, 0.05) is 46.7 Å². The molecule has 0 radical (unpaired) electrons. The van der Waals surface area contributed by atoms with Gasteiger partial charge in [-0.2, -0.15) is 17.0 Å². The number of carbonyl (C=O) groups is 3. The lowest BCUT2D eigenvalue weighted by atomic mass is 9.91. The molecule has 2 aliphatic heterocycles. The van der Waals surface area contributed by atoms with Gasteiger partial charge in [0.1, 0.15) is 11.5 Å². The number of hydrogen-bond acceptors (Lipinski definition) is 7. The van der Waals surface area contributed by atoms with Gasteiger partial charge < -0.3 is 20.0 Å². The molecule has 2 atom stereocenters. The fraction of sp³-hybridized carbons (Fsp3) is 0.684. The molecular formula is C19H30N6O6S. The Morgan fingerprint density at radius 2 is 2.03 bits per heavy atom. The highest BCUT2D eigenvalue weighted by Crippen LogP contribution is 2.31. The van der Waals surface area contributed by atoms with Crippen LogP contribution < -0.4 is 10.6 Å². The molecule has 2 saturated heterocycles. The molecule has 1 aromatic rings. The van der Waals surface area contributed by atoms with Crippen molar-refractivity contribution in [1.82, 2.24) is 29.1 Å². The van der Waals surface area contributed by atoms with Crippen LogP contribution in [0.1, 0.15) is 37.1 Å². The molecule has 0 aliphatic carbocycles. The van der Waals surface area contributed by atoms with E-state index in [1.807, 2.05) is 6.92 Å². The summed E-state index contributed by atoms with van der Waals surface area (Å²) < 4.78 is 31.5. The van der Waals surface area contributed by atoms with E-state index in [1.54, 1.807) is 4.90 Å². The van der Waals surface area contributed by atoms with E-state index in [4.69, 9.17) is 4.42 Å². The number of likely N-dealkylation sites (N-methyl/N-ethyl adjacent to an activating group) is 1. The first-order chi connectivity index (χ1) is 15.0. The number of likely N-dealkylation sites (tertiary alicyclic amines) is 1. The van der Waals surface area contributed by atoms with Gasteiger partial charge >= 0.3 is 0 Å². The predicted molar refractivity (Wildman–Crippen MR) is 113 cm³/mol. The molecule has 13 heteroatoms. The topological polar surface area (TPSA) is 145 Å². The number of aromatic nitrogens is 1. The minimum Gasteiger partial charge on any atom is -0.448 e. The van der Waals surface area contributed by atoms with E-state index < -0.39 is 16.1 Å². The predicted octanol–water partition coefficient (Wildman–Crippen LogP) is -1.13. The lowest BCUT2D eigenvalue weighted by molar-refractivity contribution is -0.140. The Morgan fingerprint density at radius 3 is 2.62 bits per heavy atom. The van der Waals surface area contributed by atoms with Crippen molar-refractivity contribution in [2.24, 2.45) is 5.92 Å². The molecule has 2 aliphatic rings. The molecule has 178 valence electrons. The first-order valence-corrected chi connectivity index (χ1v) is 11.8. The van der Waals surface area contributed by atoms with Crippen LogP contribution in [0.15, 0.2) is 10.8 Å². The van der Waals surface area contributed by atoms with Crippen molar-refractivity contribution in [2.45, 2.75) is 38.3 Å². The largest absolute Gasteiger partial charge is 0.448 e. The average molecular weight is 471 g/mol. The summed E-state index contributed by atoms with van der Waals surface area (Å²) in [5, 5.41) is 5.50. The van der Waals surface area contributed by atoms with Crippen molar-refractivity contribution in [3.8, 4) is 0 Å². The van der Waals surface area contributed by atoms with Gasteiger partial charge in [-0.1, -0.05) is 6.92 Å². The second-order valence-corrected chi connectivity index (χ2v) is 10.7. The summed E-state index contributed by atoms with van der Waals surface area (Å²) in [7, 11) is 0.431. The third kappa shape index (κ3) is 5.10. The maximum atomic E-state index is 12.7. The van der Waals surface area contributed by atoms with Crippen LogP contribution in [0.2, 0.25) is 0 Å². The SMILES string of the molecule is CC(C(=O)N1CC(c2ocnc2CNC(=O)CN(C)S(=O)(=O)N(C)C)C1)C1CCC(=O)N1. The van der Waals surface area contributed by atoms with Crippen molar-refractivity contribution in [2.75, 3.05) is 40.8 Å². The quantitative estimate of drug-likeness (QED) is 0.464. The van der Waals surface area contributed by atoms with Gasteiger partial charge in [0.25, 0.3) is 10.2 Å². The third-order valence-electron chi connectivity index (χ3n) is 5.93. The molecule has 1 aromatic heterocycles. The number of rotatable bonds is 9. The monoisotopic (exact) mass is 470 g/mol. The molecule has 2 N–H and O–H groups in total. The fourth-order valence-corrected chi connectivity index (χ4v) is 4.68. The Balaban J connectivity index is 1.49. The zero-order valence-corrected chi connectivity index (χ0v) is 19.5. The van der Waals surface area contributed by atoms with Gasteiger partial charge in [0.15, 0.2) is 6.39 Å². The molecule has 0 spiro atoms. The van der Waals surface area contributed by atoms with Gasteiger partial charge in [-0.3, -0.25) is 14.4 Å². The van der Waals surface area contributed by atoms with Crippen molar-refractivity contribution in [3.05, 3.63) is 17.8 Å². The van der Waals surface area contributed by atoms with Crippen LogP contribution in [0, 0.1) is 5.92 Å². The zero-order chi connectivity index (χ0) is 23.6. The molecule has 3 heterocycles. The number of nitrogens with zero attached hydrogens (tertiary/aromatic N) is 4. The molecule has 0 bridgehead atoms. The number of carbonyl (C=O) groups excluding carboxylic acids is 3. The molecule has 2 unspecified atom stereocenters. The van der Waals surface area contributed by atoms with Gasteiger partial charge in [0.2, 0.25) is 17.7 Å². The number of nitrogens with one attached hydrogen (secondary N) is 2. The fourth-order valence-electron chi connectivity index (χ4n) is 3.84. The van der Waals surface area contributed by atoms with Gasteiger partial charge in [-0.25, -0.2) is 4.98 Å². The lowest BCUT2D eigenvalue weighted by Crippen LogP contribution is -2.53. The van der Waals surface area contributed by atoms with Crippen molar-refractivity contribution < 1.29 is 27.2 Å². The van der Waals surface area contributed by atoms with E-state index in [1.165, 1.54) is 27.5 Å². The van der Waals surface area contributed by atoms with Crippen LogP contribution >= 0.6 is 0 Å². The second kappa shape index (κ2) is 9.55. The van der Waals surface area contributed by atoms with E-state index in [0.717, 1.165) is 8.61 Å². The van der Waals surface area contributed by atoms with Crippen molar-refractivity contribution in [1.29, 1.82) is 0 Å². The molecule has 0 aromatic carbocycles. The van der Waals surface area contributed by atoms with Crippen LogP contribution in [0.25, 0.3) is 0 Å². The molecule has 0 saturated carbocycles. The van der Waals surface area contributed by atoms with Gasteiger partial charge in [0.05, 0.1) is 24.9 Å². The first kappa shape index (κ1) is 24.1. The van der Waals surface area contributed by atoms with E-state index in [0.29, 0.717) is 37.4 Å². The summed E-state index contributed by atoms with van der Waals surface area (Å²) in [5.41, 5.74) is 0.546. The lowest BCUT2D eigenvalue weighted by Gasteiger charge is -2.40. The number of hydrogen-bond donors (Lipinski definition) is 2. The van der Waals surface area contributed by atoms with Gasteiger partial charge in [-0.15, -0.1) is 0 Å². The highest BCUT2D eigenvalue weighted by Gasteiger charge is 2.40. The third-order valence-corrected chi connectivity index (χ3v) is 7.77. The summed E-state index contributed by atoms with van der Waals surface area (Å²) in [5.74, 6) is -0.208. The Hall–Kier alpha value is -2.51. The van der Waals surface area contributed by atoms with E-state index in [9.17, 15) is 22.8 Å². The summed E-state index contributed by atoms with van der Waals surface area (Å²) in [6.07, 6.45) is 2.41. The molecule has 3 rings (SSSR count). The highest BCUT2D eigenvalue weighted by atomic mass is 32.2. The Bertz CT molecular complexity index is 971. The second-order valence-electron chi connectivity index (χ2n) is 8.43. The summed E-state index contributed by atoms with van der Waals surface area (Å²) in [6.45, 7) is 2.55. The van der Waals surface area contributed by atoms with E-state index in [2.05, 4.69) is 15.6 Å². The summed E-state index contributed by atoms with van der Waals surface area (Å²) in [4.78, 5) is 42.1. The number of oxazole rings is 1. The Morgan fingerprint density at radius 1 is 1.34 bits per heavy atom. The standard InChI is InChI=1S/C19H30N6O6S/c1-12(14-5-6-16(26)22-14)19(28)25-8-13(9-25)18-15(21-11-31-18)7-20-17(27)10-24(4)32(29,30)23(2)3/h11-14H,5-10H2,1-4H3,(H,20,27)(H,22,26). The van der Waals surface area contributed by atoms with E-state index >= 15 is 0 Å². The highest BCUT2D eigenvalue weighted by molar-refractivity contribution is 7.86. The minimum atomic E-state index is -3.68. The van der Waals surface area contributed by atoms with Crippen LogP contribution in [0.5, 0.6) is 0 Å². The number of amides is 3. The van der Waals surface area contributed by atoms with Crippen LogP contribution in [0.3, 0.4) is 0 Å². The van der Waals surface area contributed by atoms with Crippen LogP contribution in [-0.2, 0) is 31.1 Å². The van der Waals surface area contributed by atoms with Crippen LogP contribution in [-0.4, -0.2) is 91.5 Å². The summed E-state index contributed by atoms with van der Waals surface area (Å²) >= 11 is 0. The van der Waals surface area contributed by atoms with Gasteiger partial charge in [-0.05, 0) is 6.42 Å². The van der Waals surface area contributed by atoms with Crippen LogP contribution in [0.4, 0.5) is 0 Å². The molecule has 2 fully saturated rings. The minimum absolute atomic E-state index is 0.00652. The average Bonchev–Trinajstić information content (AvgIpc) is 3.33. The smallest absolute Gasteiger partial charge is 0.281 e. The molecule has 12 nitrogen and oxygen atoms in total. The molecule has 3 amide bonds. The van der Waals surface area contributed by atoms with Crippen molar-refractivity contribution >= 4 is 27.9 Å². The maximum Gasteiger partial charge on any atom is 0.281 e. The zero-order valence-electron chi connectivity index (χ0n) is 18.7. The Labute approximate surface area is 187 Å². The Kier molecular flexibility index (Phi) is 7.20. The summed E-state index contributed by atoms with van der Waals surface area (Å²) in [6, 6.07) is -0.125. The molecular weight excluding hydrogens is 440 g/mol. The molecule has 32 heavy (non-hydrogen) atoms. The first-order valence-electron chi connectivity index (χ1n) is 10.4. The van der Waals surface area contributed by atoms with E-state index in [-0.39, 0.29) is 42.8 Å². The normalized spacial score (nSPS) is 20.4. The van der Waals surface area contributed by atoms with Crippen molar-refractivity contribution in [3.63, 3.8) is 0 Å². The maximum absolute atomic E-state index is 12.7.